The first-order valence-corrected chi connectivity index (χ1v) is 20.0. The first kappa shape index (κ1) is 36.4. The van der Waals surface area contributed by atoms with Crippen molar-refractivity contribution in [2.45, 2.75) is 87.6 Å². The zero-order chi connectivity index (χ0) is 39.1. The van der Waals surface area contributed by atoms with Gasteiger partial charge in [0, 0.05) is 24.7 Å². The van der Waals surface area contributed by atoms with Crippen LogP contribution in [0.3, 0.4) is 0 Å². The lowest BCUT2D eigenvalue weighted by molar-refractivity contribution is -0.107. The smallest absolute Gasteiger partial charge is 0.415 e. The van der Waals surface area contributed by atoms with E-state index in [4.69, 9.17) is 23.9 Å². The van der Waals surface area contributed by atoms with Gasteiger partial charge in [-0.05, 0) is 99.5 Å². The Labute approximate surface area is 326 Å². The lowest BCUT2D eigenvalue weighted by atomic mass is 9.90. The molecule has 0 radical (unpaired) electrons. The van der Waals surface area contributed by atoms with Crippen molar-refractivity contribution < 1.29 is 41.7 Å². The number of carbonyl (C=O) groups is 2. The third-order valence-electron chi connectivity index (χ3n) is 12.8. The van der Waals surface area contributed by atoms with Crippen molar-refractivity contribution in [3.8, 4) is 23.0 Å². The predicted octanol–water partition coefficient (Wildman–Crippen LogP) is 6.08. The standard InChI is InChI=1S/C41H44F3N7O6/c1-40-16-24(42)18-49(21-40)36-30-17-45-34(33(44)35(30)46-37(47-36)56-22-41-8-3-10-50(41)11-4-9-41)29-15-27(57-39(53)51-25-14-26(51)20-54-19-25)13-23-6-7-31(43)28(32(23)29)5-2-12-55-38(52)48-40/h6-7,13,15,17,24-26H,2-5,8-12,14,16,18-22H2,1H3,(H,48,52). The number of ether oxygens (including phenoxy) is 4. The molecule has 4 unspecified atom stereocenters. The first-order valence-electron chi connectivity index (χ1n) is 20.0. The van der Waals surface area contributed by atoms with Crippen LogP contribution >= 0.6 is 0 Å². The number of piperidine rings is 1. The highest BCUT2D eigenvalue weighted by molar-refractivity contribution is 6.02. The minimum Gasteiger partial charge on any atom is -0.461 e. The van der Waals surface area contributed by atoms with Crippen molar-refractivity contribution in [3.05, 3.63) is 47.7 Å². The van der Waals surface area contributed by atoms with Gasteiger partial charge in [0.05, 0.1) is 54.9 Å². The average molecular weight is 788 g/mol. The fourth-order valence-corrected chi connectivity index (χ4v) is 10.2. The molecule has 300 valence electrons. The number of hydrogen-bond acceptors (Lipinski definition) is 11. The number of nitrogens with zero attached hydrogens (tertiary/aromatic N) is 6. The lowest BCUT2D eigenvalue weighted by Gasteiger charge is -2.51. The van der Waals surface area contributed by atoms with Crippen LogP contribution in [0.2, 0.25) is 0 Å². The van der Waals surface area contributed by atoms with E-state index in [1.807, 2.05) is 0 Å². The molecule has 0 spiro atoms. The molecule has 9 heterocycles. The summed E-state index contributed by atoms with van der Waals surface area (Å²) < 4.78 is 72.5. The molecule has 13 nitrogen and oxygen atoms in total. The van der Waals surface area contributed by atoms with Gasteiger partial charge >= 0.3 is 18.2 Å². The summed E-state index contributed by atoms with van der Waals surface area (Å²) in [6, 6.07) is 5.75. The monoisotopic (exact) mass is 787 g/mol. The molecule has 2 amide bonds. The number of pyridine rings is 1. The van der Waals surface area contributed by atoms with E-state index in [-0.39, 0.29) is 102 Å². The number of halogens is 3. The molecule has 5 saturated heterocycles. The van der Waals surface area contributed by atoms with E-state index in [0.717, 1.165) is 45.2 Å². The number of aromatic nitrogens is 3. The van der Waals surface area contributed by atoms with Crippen molar-refractivity contribution >= 4 is 39.7 Å². The highest BCUT2D eigenvalue weighted by Crippen LogP contribution is 2.43. The third-order valence-corrected chi connectivity index (χ3v) is 12.8. The molecule has 1 N–H and O–H groups in total. The summed E-state index contributed by atoms with van der Waals surface area (Å²) in [6.07, 6.45) is 4.00. The normalized spacial score (nSPS) is 26.9. The van der Waals surface area contributed by atoms with Gasteiger partial charge < -0.3 is 29.2 Å². The van der Waals surface area contributed by atoms with Crippen LogP contribution in [-0.4, -0.2) is 119 Å². The fourth-order valence-electron chi connectivity index (χ4n) is 10.2. The summed E-state index contributed by atoms with van der Waals surface area (Å²) in [5.41, 5.74) is -1.07. The van der Waals surface area contributed by atoms with Gasteiger partial charge in [0.1, 0.15) is 41.4 Å². The number of rotatable bonds is 4. The maximum atomic E-state index is 17.5. The lowest BCUT2D eigenvalue weighted by Crippen LogP contribution is -2.66. The van der Waals surface area contributed by atoms with Gasteiger partial charge in [0.2, 0.25) is 0 Å². The summed E-state index contributed by atoms with van der Waals surface area (Å²) in [5, 5.41) is 3.91. The number of carbonyl (C=O) groups excluding carboxylic acids is 2. The number of morpholine rings is 1. The Balaban J connectivity index is 1.14. The molecule has 57 heavy (non-hydrogen) atoms. The fraction of sp³-hybridized carbons (Fsp3) is 0.537. The van der Waals surface area contributed by atoms with E-state index in [9.17, 15) is 9.59 Å². The summed E-state index contributed by atoms with van der Waals surface area (Å²) in [7, 11) is 0. The van der Waals surface area contributed by atoms with Crippen LogP contribution in [0.5, 0.6) is 11.8 Å². The number of alkyl carbamates (subject to hydrolysis) is 1. The maximum absolute atomic E-state index is 17.5. The zero-order valence-electron chi connectivity index (χ0n) is 31.7. The first-order chi connectivity index (χ1) is 27.6. The number of hydrogen-bond donors (Lipinski definition) is 1. The highest BCUT2D eigenvalue weighted by atomic mass is 19.1. The highest BCUT2D eigenvalue weighted by Gasteiger charge is 2.47. The van der Waals surface area contributed by atoms with Crippen LogP contribution in [0.15, 0.2) is 30.5 Å². The van der Waals surface area contributed by atoms with Crippen LogP contribution in [0.4, 0.5) is 28.6 Å². The summed E-state index contributed by atoms with van der Waals surface area (Å²) in [5.74, 6) is -1.03. The summed E-state index contributed by atoms with van der Waals surface area (Å²) >= 11 is 0. The topological polar surface area (TPSA) is 131 Å². The Morgan fingerprint density at radius 3 is 2.68 bits per heavy atom. The molecule has 0 aliphatic carbocycles. The SMILES string of the molecule is CC12CC(F)CN(C1)c1nc(OCC34CCCN3CCC4)nc3c(F)c(ncc13)-c1cc(OC(=O)N3C4COCC3C4)cc3ccc(F)c(c13)CCCOC(=O)N2. The van der Waals surface area contributed by atoms with Crippen LogP contribution in [0.1, 0.15) is 57.4 Å². The number of fused-ring (bicyclic) bond motifs is 9. The molecule has 5 fully saturated rings. The molecule has 8 bridgehead atoms. The van der Waals surface area contributed by atoms with Crippen molar-refractivity contribution in [1.82, 2.24) is 30.1 Å². The van der Waals surface area contributed by atoms with Gasteiger partial charge in [-0.2, -0.15) is 9.97 Å². The molecule has 4 atom stereocenters. The number of alkyl halides is 1. The number of aryl methyl sites for hydroxylation is 1. The Bertz CT molecular complexity index is 2280. The van der Waals surface area contributed by atoms with E-state index in [1.54, 1.807) is 28.9 Å². The van der Waals surface area contributed by atoms with E-state index in [1.165, 1.54) is 18.3 Å². The Morgan fingerprint density at radius 2 is 1.89 bits per heavy atom. The van der Waals surface area contributed by atoms with Gasteiger partial charge in [-0.3, -0.25) is 14.8 Å². The number of anilines is 1. The third kappa shape index (κ3) is 6.35. The Morgan fingerprint density at radius 1 is 1.09 bits per heavy atom. The number of benzene rings is 2. The van der Waals surface area contributed by atoms with Crippen molar-refractivity contribution in [3.63, 3.8) is 0 Å². The second kappa shape index (κ2) is 13.9. The van der Waals surface area contributed by atoms with E-state index in [0.29, 0.717) is 30.6 Å². The van der Waals surface area contributed by atoms with Crippen molar-refractivity contribution in [2.24, 2.45) is 0 Å². The molecule has 7 aliphatic rings. The van der Waals surface area contributed by atoms with Crippen LogP contribution in [-0.2, 0) is 15.9 Å². The molecule has 2 aromatic carbocycles. The molecule has 16 heteroatoms. The number of amides is 2. The zero-order valence-corrected chi connectivity index (χ0v) is 31.7. The van der Waals surface area contributed by atoms with Crippen LogP contribution in [0.25, 0.3) is 32.9 Å². The van der Waals surface area contributed by atoms with Crippen LogP contribution < -0.4 is 19.7 Å². The van der Waals surface area contributed by atoms with Crippen LogP contribution in [0, 0.1) is 11.6 Å². The predicted molar refractivity (Wildman–Crippen MR) is 202 cm³/mol. The second-order valence-electron chi connectivity index (χ2n) is 16.8. The molecular formula is C41H44F3N7O6. The molecule has 0 saturated carbocycles. The van der Waals surface area contributed by atoms with Crippen molar-refractivity contribution in [1.29, 1.82) is 0 Å². The van der Waals surface area contributed by atoms with Crippen molar-refractivity contribution in [2.75, 3.05) is 57.5 Å². The minimum absolute atomic E-state index is 0.0162. The molecule has 11 rings (SSSR count). The maximum Gasteiger partial charge on any atom is 0.415 e. The van der Waals surface area contributed by atoms with Gasteiger partial charge in [0.15, 0.2) is 5.82 Å². The molecule has 4 aromatic rings. The molecular weight excluding hydrogens is 743 g/mol. The van der Waals surface area contributed by atoms with Gasteiger partial charge in [-0.1, -0.05) is 6.07 Å². The quantitative estimate of drug-likeness (QED) is 0.258. The summed E-state index contributed by atoms with van der Waals surface area (Å²) in [6.45, 7) is 4.84. The van der Waals surface area contributed by atoms with E-state index < -0.39 is 35.5 Å². The molecule has 2 aromatic heterocycles. The van der Waals surface area contributed by atoms with E-state index in [2.05, 4.69) is 20.2 Å². The number of nitrogens with one attached hydrogen (secondary N) is 1. The Kier molecular flexibility index (Phi) is 8.84. The Hall–Kier alpha value is -4.96. The average Bonchev–Trinajstić information content (AvgIpc) is 3.76. The summed E-state index contributed by atoms with van der Waals surface area (Å²) in [4.78, 5) is 46.4. The van der Waals surface area contributed by atoms with Gasteiger partial charge in [-0.25, -0.2) is 22.8 Å². The largest absolute Gasteiger partial charge is 0.461 e. The second-order valence-corrected chi connectivity index (χ2v) is 16.8. The minimum atomic E-state index is -1.37. The van der Waals surface area contributed by atoms with Gasteiger partial charge in [-0.15, -0.1) is 0 Å². The molecule has 7 aliphatic heterocycles. The van der Waals surface area contributed by atoms with Gasteiger partial charge in [0.25, 0.3) is 0 Å². The van der Waals surface area contributed by atoms with E-state index >= 15 is 13.2 Å².